The summed E-state index contributed by atoms with van der Waals surface area (Å²) in [5, 5.41) is 3.99. The van der Waals surface area contributed by atoms with Crippen LogP contribution in [-0.2, 0) is 11.4 Å². The van der Waals surface area contributed by atoms with Crippen LogP contribution in [0, 0.1) is 13.8 Å². The van der Waals surface area contributed by atoms with E-state index in [-0.39, 0.29) is 12.5 Å². The van der Waals surface area contributed by atoms with Gasteiger partial charge < -0.3 is 14.2 Å². The monoisotopic (exact) mass is 418 g/mol. The second kappa shape index (κ2) is 10.8. The zero-order chi connectivity index (χ0) is 22.1. The maximum absolute atomic E-state index is 12.0. The quantitative estimate of drug-likeness (QED) is 0.413. The first-order chi connectivity index (χ1) is 15.0. The number of hydrogen-bond donors (Lipinski definition) is 1. The van der Waals surface area contributed by atoms with E-state index in [9.17, 15) is 4.79 Å². The van der Waals surface area contributed by atoms with Crippen LogP contribution < -0.4 is 19.6 Å². The molecule has 0 radical (unpaired) electrons. The van der Waals surface area contributed by atoms with E-state index in [1.54, 1.807) is 19.4 Å². The lowest BCUT2D eigenvalue weighted by atomic mass is 10.1. The van der Waals surface area contributed by atoms with E-state index < -0.39 is 0 Å². The maximum Gasteiger partial charge on any atom is 0.277 e. The van der Waals surface area contributed by atoms with E-state index in [0.29, 0.717) is 23.9 Å². The molecule has 31 heavy (non-hydrogen) atoms. The van der Waals surface area contributed by atoms with Crippen molar-refractivity contribution in [1.29, 1.82) is 0 Å². The van der Waals surface area contributed by atoms with Crippen molar-refractivity contribution in [1.82, 2.24) is 5.43 Å². The van der Waals surface area contributed by atoms with Crippen LogP contribution in [0.4, 0.5) is 0 Å². The topological polar surface area (TPSA) is 69.2 Å². The number of hydrazone groups is 1. The SMILES string of the molecule is COc1cc(/C=N/NC(=O)COc2ccc(C)cc2C)ccc1OCc1ccccc1. The highest BCUT2D eigenvalue weighted by Gasteiger charge is 2.07. The molecule has 0 fully saturated rings. The molecule has 1 amide bonds. The summed E-state index contributed by atoms with van der Waals surface area (Å²) >= 11 is 0. The average molecular weight is 418 g/mol. The van der Waals surface area contributed by atoms with Crippen molar-refractivity contribution in [3.8, 4) is 17.2 Å². The van der Waals surface area contributed by atoms with Crippen LogP contribution in [0.15, 0.2) is 71.8 Å². The summed E-state index contributed by atoms with van der Waals surface area (Å²) in [4.78, 5) is 12.0. The second-order valence-corrected chi connectivity index (χ2v) is 7.04. The van der Waals surface area contributed by atoms with Crippen molar-refractivity contribution in [2.24, 2.45) is 5.10 Å². The molecule has 6 nitrogen and oxygen atoms in total. The minimum absolute atomic E-state index is 0.114. The lowest BCUT2D eigenvalue weighted by molar-refractivity contribution is -0.123. The highest BCUT2D eigenvalue weighted by Crippen LogP contribution is 2.28. The molecule has 0 heterocycles. The summed E-state index contributed by atoms with van der Waals surface area (Å²) in [6.07, 6.45) is 1.54. The Balaban J connectivity index is 1.52. The van der Waals surface area contributed by atoms with Gasteiger partial charge in [0.25, 0.3) is 5.91 Å². The maximum atomic E-state index is 12.0. The fourth-order valence-electron chi connectivity index (χ4n) is 2.93. The van der Waals surface area contributed by atoms with Gasteiger partial charge in [-0.3, -0.25) is 4.79 Å². The molecular weight excluding hydrogens is 392 g/mol. The molecule has 0 atom stereocenters. The third kappa shape index (κ3) is 6.60. The van der Waals surface area contributed by atoms with Crippen molar-refractivity contribution in [3.05, 3.63) is 89.0 Å². The first-order valence-electron chi connectivity index (χ1n) is 9.92. The van der Waals surface area contributed by atoms with Crippen molar-refractivity contribution >= 4 is 12.1 Å². The standard InChI is InChI=1S/C25H26N2O4/c1-18-9-11-22(19(2)13-18)31-17-25(28)27-26-15-21-10-12-23(24(14-21)29-3)30-16-20-7-5-4-6-8-20/h4-15H,16-17H2,1-3H3,(H,27,28)/b26-15+. The summed E-state index contributed by atoms with van der Waals surface area (Å²) in [6.45, 7) is 4.28. The number of methoxy groups -OCH3 is 1. The average Bonchev–Trinajstić information content (AvgIpc) is 2.78. The van der Waals surface area contributed by atoms with Crippen molar-refractivity contribution in [2.45, 2.75) is 20.5 Å². The van der Waals surface area contributed by atoms with Gasteiger partial charge in [0.05, 0.1) is 13.3 Å². The molecule has 6 heteroatoms. The third-order valence-corrected chi connectivity index (χ3v) is 4.52. The van der Waals surface area contributed by atoms with Crippen LogP contribution in [0.2, 0.25) is 0 Å². The smallest absolute Gasteiger partial charge is 0.277 e. The molecule has 0 unspecified atom stereocenters. The highest BCUT2D eigenvalue weighted by molar-refractivity contribution is 5.83. The number of carbonyl (C=O) groups is 1. The van der Waals surface area contributed by atoms with Gasteiger partial charge in [0.2, 0.25) is 0 Å². The molecule has 0 spiro atoms. The number of amides is 1. The fraction of sp³-hybridized carbons (Fsp3) is 0.200. The van der Waals surface area contributed by atoms with Gasteiger partial charge in [0.15, 0.2) is 18.1 Å². The Morgan fingerprint density at radius 1 is 0.935 bits per heavy atom. The molecule has 0 aliphatic heterocycles. The Hall–Kier alpha value is -3.80. The van der Waals surface area contributed by atoms with Gasteiger partial charge in [0, 0.05) is 0 Å². The van der Waals surface area contributed by atoms with Crippen LogP contribution in [0.3, 0.4) is 0 Å². The number of aryl methyl sites for hydroxylation is 2. The Kier molecular flexibility index (Phi) is 7.65. The number of hydrogen-bond acceptors (Lipinski definition) is 5. The van der Waals surface area contributed by atoms with Gasteiger partial charge in [-0.25, -0.2) is 5.43 Å². The van der Waals surface area contributed by atoms with Crippen LogP contribution in [0.25, 0.3) is 0 Å². The highest BCUT2D eigenvalue weighted by atomic mass is 16.5. The summed E-state index contributed by atoms with van der Waals surface area (Å²) < 4.78 is 16.8. The van der Waals surface area contributed by atoms with Crippen LogP contribution in [0.1, 0.15) is 22.3 Å². The van der Waals surface area contributed by atoms with E-state index in [1.807, 2.05) is 74.5 Å². The second-order valence-electron chi connectivity index (χ2n) is 7.04. The number of rotatable bonds is 9. The number of benzene rings is 3. The molecule has 3 aromatic carbocycles. The Labute approximate surface area is 182 Å². The largest absolute Gasteiger partial charge is 0.493 e. The Morgan fingerprint density at radius 3 is 2.45 bits per heavy atom. The molecule has 0 saturated carbocycles. The predicted octanol–water partition coefficient (Wildman–Crippen LogP) is 4.42. The first kappa shape index (κ1) is 21.9. The number of ether oxygens (including phenoxy) is 3. The molecule has 0 bridgehead atoms. The van der Waals surface area contributed by atoms with Crippen LogP contribution in [0.5, 0.6) is 17.2 Å². The molecule has 3 rings (SSSR count). The summed E-state index contributed by atoms with van der Waals surface area (Å²) in [6, 6.07) is 21.2. The number of nitrogens with one attached hydrogen (secondary N) is 1. The molecule has 3 aromatic rings. The summed E-state index contributed by atoms with van der Waals surface area (Å²) in [5.41, 5.74) is 6.43. The summed E-state index contributed by atoms with van der Waals surface area (Å²) in [5.74, 6) is 1.56. The molecule has 0 aliphatic carbocycles. The predicted molar refractivity (Wildman–Crippen MR) is 121 cm³/mol. The van der Waals surface area contributed by atoms with Crippen molar-refractivity contribution < 1.29 is 19.0 Å². The minimum Gasteiger partial charge on any atom is -0.493 e. The fourth-order valence-corrected chi connectivity index (χ4v) is 2.93. The molecule has 1 N–H and O–H groups in total. The number of nitrogens with zero attached hydrogens (tertiary/aromatic N) is 1. The Morgan fingerprint density at radius 2 is 1.71 bits per heavy atom. The van der Waals surface area contributed by atoms with Crippen LogP contribution in [-0.4, -0.2) is 25.8 Å². The molecule has 0 saturated heterocycles. The zero-order valence-corrected chi connectivity index (χ0v) is 17.9. The van der Waals surface area contributed by atoms with Crippen LogP contribution >= 0.6 is 0 Å². The lowest BCUT2D eigenvalue weighted by Crippen LogP contribution is -2.24. The minimum atomic E-state index is -0.342. The first-order valence-corrected chi connectivity index (χ1v) is 9.92. The van der Waals surface area contributed by atoms with E-state index in [0.717, 1.165) is 22.3 Å². The van der Waals surface area contributed by atoms with Gasteiger partial charge >= 0.3 is 0 Å². The number of carbonyl (C=O) groups excluding carboxylic acids is 1. The lowest BCUT2D eigenvalue weighted by Gasteiger charge is -2.11. The molecule has 0 aromatic heterocycles. The van der Waals surface area contributed by atoms with Crippen molar-refractivity contribution in [3.63, 3.8) is 0 Å². The molecule has 0 aliphatic rings. The molecular formula is C25H26N2O4. The zero-order valence-electron chi connectivity index (χ0n) is 17.9. The van der Waals surface area contributed by atoms with E-state index in [2.05, 4.69) is 10.5 Å². The van der Waals surface area contributed by atoms with Gasteiger partial charge in [-0.2, -0.15) is 5.10 Å². The van der Waals surface area contributed by atoms with Gasteiger partial charge in [-0.05, 0) is 54.8 Å². The summed E-state index contributed by atoms with van der Waals surface area (Å²) in [7, 11) is 1.58. The normalized spacial score (nSPS) is 10.7. The van der Waals surface area contributed by atoms with Gasteiger partial charge in [-0.15, -0.1) is 0 Å². The third-order valence-electron chi connectivity index (χ3n) is 4.52. The van der Waals surface area contributed by atoms with E-state index in [4.69, 9.17) is 14.2 Å². The van der Waals surface area contributed by atoms with Gasteiger partial charge in [-0.1, -0.05) is 48.0 Å². The van der Waals surface area contributed by atoms with E-state index >= 15 is 0 Å². The molecule has 160 valence electrons. The Bertz CT molecular complexity index is 1050. The van der Waals surface area contributed by atoms with E-state index in [1.165, 1.54) is 0 Å². The van der Waals surface area contributed by atoms with Gasteiger partial charge in [0.1, 0.15) is 12.4 Å². The van der Waals surface area contributed by atoms with Crippen molar-refractivity contribution in [2.75, 3.05) is 13.7 Å².